The molecule has 0 aromatic carbocycles. The van der Waals surface area contributed by atoms with Gasteiger partial charge in [0.2, 0.25) is 0 Å². The number of hydrogen-bond acceptors (Lipinski definition) is 3. The van der Waals surface area contributed by atoms with Crippen LogP contribution >= 0.6 is 11.6 Å². The van der Waals surface area contributed by atoms with E-state index in [1.807, 2.05) is 18.7 Å². The van der Waals surface area contributed by atoms with Gasteiger partial charge in [0, 0.05) is 26.5 Å². The Kier molecular flexibility index (Phi) is 5.05. The van der Waals surface area contributed by atoms with E-state index in [9.17, 15) is 0 Å². The van der Waals surface area contributed by atoms with Gasteiger partial charge in [-0.15, -0.1) is 11.6 Å². The van der Waals surface area contributed by atoms with Gasteiger partial charge in [-0.25, -0.2) is 4.98 Å². The molecule has 0 fully saturated rings. The molecule has 2 rings (SSSR count). The topological polar surface area (TPSA) is 44.9 Å². The summed E-state index contributed by atoms with van der Waals surface area (Å²) in [7, 11) is 3.71. The Bertz CT molecular complexity index is 569. The quantitative estimate of drug-likeness (QED) is 0.738. The Morgan fingerprint density at radius 1 is 1.40 bits per heavy atom. The molecule has 2 aromatic heterocycles. The van der Waals surface area contributed by atoms with E-state index in [-0.39, 0.29) is 6.04 Å². The van der Waals surface area contributed by atoms with Crippen LogP contribution in [0.3, 0.4) is 0 Å². The molecule has 0 spiro atoms. The molecule has 0 aliphatic rings. The van der Waals surface area contributed by atoms with Crippen LogP contribution in [-0.4, -0.2) is 38.9 Å². The Labute approximate surface area is 124 Å². The predicted molar refractivity (Wildman–Crippen MR) is 81.5 cm³/mol. The first-order valence-electron chi connectivity index (χ1n) is 7.09. The number of imidazole rings is 1. The number of ether oxygens (including phenoxy) is 1. The molecule has 0 N–H and O–H groups in total. The molecule has 0 aliphatic heterocycles. The summed E-state index contributed by atoms with van der Waals surface area (Å²) in [6.07, 6.45) is 2.92. The van der Waals surface area contributed by atoms with E-state index < -0.39 is 0 Å². The number of aryl methyl sites for hydroxylation is 3. The molecule has 6 heteroatoms. The Morgan fingerprint density at radius 2 is 2.15 bits per heavy atom. The Morgan fingerprint density at radius 3 is 2.75 bits per heavy atom. The number of fused-ring (bicyclic) bond motifs is 1. The maximum Gasteiger partial charge on any atom is 0.159 e. The Hall–Kier alpha value is -1.07. The summed E-state index contributed by atoms with van der Waals surface area (Å²) in [5, 5.41) is 4.47. The minimum atomic E-state index is 0.281. The van der Waals surface area contributed by atoms with E-state index in [1.54, 1.807) is 7.11 Å². The molecule has 20 heavy (non-hydrogen) atoms. The minimum Gasteiger partial charge on any atom is -0.383 e. The summed E-state index contributed by atoms with van der Waals surface area (Å²) < 4.78 is 9.58. The highest BCUT2D eigenvalue weighted by Gasteiger charge is 2.22. The van der Waals surface area contributed by atoms with Crippen molar-refractivity contribution in [3.8, 4) is 0 Å². The highest BCUT2D eigenvalue weighted by Crippen LogP contribution is 2.26. The average molecular weight is 299 g/mol. The van der Waals surface area contributed by atoms with Crippen molar-refractivity contribution in [1.82, 2.24) is 19.3 Å². The Balaban J connectivity index is 2.59. The van der Waals surface area contributed by atoms with Crippen LogP contribution in [0.4, 0.5) is 0 Å². The lowest BCUT2D eigenvalue weighted by Gasteiger charge is -2.20. The zero-order valence-electron chi connectivity index (χ0n) is 12.7. The van der Waals surface area contributed by atoms with Gasteiger partial charge in [0.15, 0.2) is 5.65 Å². The molecule has 1 unspecified atom stereocenters. The number of nitrogens with zero attached hydrogens (tertiary/aromatic N) is 4. The second-order valence-corrected chi connectivity index (χ2v) is 5.49. The van der Waals surface area contributed by atoms with Crippen LogP contribution in [0.5, 0.6) is 0 Å². The third kappa shape index (κ3) is 2.69. The van der Waals surface area contributed by atoms with Gasteiger partial charge in [-0.1, -0.05) is 13.3 Å². The molecule has 2 heterocycles. The predicted octanol–water partition coefficient (Wildman–Crippen LogP) is 2.85. The summed E-state index contributed by atoms with van der Waals surface area (Å²) in [5.74, 6) is 1.60. The molecule has 0 radical (unpaired) electrons. The lowest BCUT2D eigenvalue weighted by Crippen LogP contribution is -2.19. The molecule has 1 atom stereocenters. The maximum absolute atomic E-state index is 5.93. The molecule has 0 saturated heterocycles. The second kappa shape index (κ2) is 6.59. The van der Waals surface area contributed by atoms with E-state index in [0.717, 1.165) is 41.9 Å². The van der Waals surface area contributed by atoms with Gasteiger partial charge in [0.05, 0.1) is 18.3 Å². The third-order valence-corrected chi connectivity index (χ3v) is 3.76. The van der Waals surface area contributed by atoms with E-state index >= 15 is 0 Å². The van der Waals surface area contributed by atoms with Crippen LogP contribution in [0.1, 0.15) is 37.3 Å². The lowest BCUT2D eigenvalue weighted by molar-refractivity contribution is 0.150. The van der Waals surface area contributed by atoms with Crippen LogP contribution in [0, 0.1) is 6.92 Å². The SMILES string of the molecule is CCCC(COC)n1c(CCCl)nc2c(C)nn(C)c21. The zero-order chi connectivity index (χ0) is 14.7. The number of alkyl halides is 1. The third-order valence-electron chi connectivity index (χ3n) is 3.57. The summed E-state index contributed by atoms with van der Waals surface area (Å²) in [5.41, 5.74) is 3.01. The van der Waals surface area contributed by atoms with Crippen molar-refractivity contribution in [2.75, 3.05) is 19.6 Å². The molecule has 0 amide bonds. The summed E-state index contributed by atoms with van der Waals surface area (Å²) in [4.78, 5) is 4.75. The van der Waals surface area contributed by atoms with Crippen LogP contribution < -0.4 is 0 Å². The van der Waals surface area contributed by atoms with Crippen molar-refractivity contribution in [3.05, 3.63) is 11.5 Å². The standard InChI is InChI=1S/C14H23ClN4O/c1-5-6-11(9-20-4)19-12(7-8-15)16-13-10(2)17-18(3)14(13)19/h11H,5-9H2,1-4H3. The van der Waals surface area contributed by atoms with Gasteiger partial charge >= 0.3 is 0 Å². The number of hydrogen-bond donors (Lipinski definition) is 0. The summed E-state index contributed by atoms with van der Waals surface area (Å²) >= 11 is 5.93. The molecular weight excluding hydrogens is 276 g/mol. The fourth-order valence-electron chi connectivity index (χ4n) is 2.80. The van der Waals surface area contributed by atoms with E-state index in [4.69, 9.17) is 21.3 Å². The van der Waals surface area contributed by atoms with Crippen molar-refractivity contribution in [2.45, 2.75) is 39.2 Å². The fourth-order valence-corrected chi connectivity index (χ4v) is 2.97. The van der Waals surface area contributed by atoms with Crippen LogP contribution in [-0.2, 0) is 18.2 Å². The fraction of sp³-hybridized carbons (Fsp3) is 0.714. The molecule has 5 nitrogen and oxygen atoms in total. The smallest absolute Gasteiger partial charge is 0.159 e. The van der Waals surface area contributed by atoms with Crippen molar-refractivity contribution >= 4 is 22.8 Å². The number of methoxy groups -OCH3 is 1. The summed E-state index contributed by atoms with van der Waals surface area (Å²) in [6, 6.07) is 0.281. The molecule has 2 aromatic rings. The van der Waals surface area contributed by atoms with Gasteiger partial charge in [-0.3, -0.25) is 4.68 Å². The van der Waals surface area contributed by atoms with Crippen molar-refractivity contribution in [3.63, 3.8) is 0 Å². The lowest BCUT2D eigenvalue weighted by atomic mass is 10.1. The van der Waals surface area contributed by atoms with Gasteiger partial charge in [-0.05, 0) is 13.3 Å². The molecular formula is C14H23ClN4O. The van der Waals surface area contributed by atoms with Crippen molar-refractivity contribution in [1.29, 1.82) is 0 Å². The highest BCUT2D eigenvalue weighted by atomic mass is 35.5. The van der Waals surface area contributed by atoms with Crippen molar-refractivity contribution < 1.29 is 4.74 Å². The number of rotatable bonds is 7. The van der Waals surface area contributed by atoms with Crippen molar-refractivity contribution in [2.24, 2.45) is 7.05 Å². The first kappa shape index (κ1) is 15.3. The van der Waals surface area contributed by atoms with Crippen LogP contribution in [0.2, 0.25) is 0 Å². The average Bonchev–Trinajstić information content (AvgIpc) is 2.89. The minimum absolute atomic E-state index is 0.281. The molecule has 112 valence electrons. The second-order valence-electron chi connectivity index (χ2n) is 5.12. The number of halogens is 1. The van der Waals surface area contributed by atoms with Gasteiger partial charge < -0.3 is 9.30 Å². The number of aromatic nitrogens is 4. The molecule has 0 saturated carbocycles. The maximum atomic E-state index is 5.93. The van der Waals surface area contributed by atoms with Gasteiger partial charge in [0.25, 0.3) is 0 Å². The van der Waals surface area contributed by atoms with Crippen LogP contribution in [0.15, 0.2) is 0 Å². The van der Waals surface area contributed by atoms with E-state index in [0.29, 0.717) is 12.5 Å². The first-order valence-corrected chi connectivity index (χ1v) is 7.62. The monoisotopic (exact) mass is 298 g/mol. The largest absolute Gasteiger partial charge is 0.383 e. The van der Waals surface area contributed by atoms with E-state index in [1.165, 1.54) is 0 Å². The van der Waals surface area contributed by atoms with Gasteiger partial charge in [0.1, 0.15) is 11.3 Å². The van der Waals surface area contributed by atoms with E-state index in [2.05, 4.69) is 16.6 Å². The zero-order valence-corrected chi connectivity index (χ0v) is 13.4. The van der Waals surface area contributed by atoms with Crippen LogP contribution in [0.25, 0.3) is 11.2 Å². The molecule has 0 bridgehead atoms. The van der Waals surface area contributed by atoms with Gasteiger partial charge in [-0.2, -0.15) is 5.10 Å². The normalized spacial score (nSPS) is 13.2. The first-order chi connectivity index (χ1) is 9.63. The molecule has 0 aliphatic carbocycles. The summed E-state index contributed by atoms with van der Waals surface area (Å²) in [6.45, 7) is 4.86. The highest BCUT2D eigenvalue weighted by molar-refractivity contribution is 6.17.